The van der Waals surface area contributed by atoms with E-state index in [1.165, 1.54) is 23.9 Å². The third-order valence-electron chi connectivity index (χ3n) is 3.01. The Morgan fingerprint density at radius 2 is 1.87 bits per heavy atom. The summed E-state index contributed by atoms with van der Waals surface area (Å²) in [6, 6.07) is 3.01. The first-order valence-electron chi connectivity index (χ1n) is 6.84. The molecule has 0 spiro atoms. The normalized spacial score (nSPS) is 16.3. The summed E-state index contributed by atoms with van der Waals surface area (Å²) in [5, 5.41) is 3.04. The Kier molecular flexibility index (Phi) is 5.25. The van der Waals surface area contributed by atoms with Crippen molar-refractivity contribution < 1.29 is 23.0 Å². The first-order chi connectivity index (χ1) is 10.6. The number of alkyl halides is 3. The molecule has 1 unspecified atom stereocenters. The molecule has 0 fully saturated rings. The lowest BCUT2D eigenvalue weighted by Crippen LogP contribution is -2.27. The Morgan fingerprint density at radius 3 is 2.39 bits per heavy atom. The minimum Gasteiger partial charge on any atom is -0.395 e. The van der Waals surface area contributed by atoms with Crippen molar-refractivity contribution in [2.45, 2.75) is 42.7 Å². The van der Waals surface area contributed by atoms with E-state index in [0.717, 1.165) is 5.56 Å². The van der Waals surface area contributed by atoms with Crippen molar-refractivity contribution in [3.8, 4) is 11.5 Å². The molecule has 1 aromatic rings. The van der Waals surface area contributed by atoms with Crippen LogP contribution in [0.3, 0.4) is 0 Å². The second kappa shape index (κ2) is 6.68. The number of fused-ring (bicyclic) bond motifs is 1. The quantitative estimate of drug-likeness (QED) is 0.572. The van der Waals surface area contributed by atoms with Gasteiger partial charge in [-0.25, -0.2) is 0 Å². The molecule has 1 atom stereocenters. The van der Waals surface area contributed by atoms with E-state index in [1.807, 2.05) is 13.8 Å². The first kappa shape index (κ1) is 18.1. The number of rotatable bonds is 5. The van der Waals surface area contributed by atoms with E-state index in [2.05, 4.69) is 37.3 Å². The summed E-state index contributed by atoms with van der Waals surface area (Å²) in [5.41, 5.74) is 0.803. The molecule has 1 aliphatic rings. The zero-order valence-corrected chi connectivity index (χ0v) is 15.2. The van der Waals surface area contributed by atoms with Crippen LogP contribution in [0, 0.1) is 0 Å². The van der Waals surface area contributed by atoms with E-state index >= 15 is 0 Å². The second-order valence-corrected chi connectivity index (χ2v) is 7.80. The number of nitrogens with one attached hydrogen (secondary N) is 1. The van der Waals surface area contributed by atoms with Gasteiger partial charge in [-0.15, -0.1) is 8.78 Å². The van der Waals surface area contributed by atoms with Gasteiger partial charge in [-0.2, -0.15) is 0 Å². The monoisotopic (exact) mass is 407 g/mol. The number of thioether (sulfide) groups is 1. The summed E-state index contributed by atoms with van der Waals surface area (Å²) >= 11 is 4.34. The van der Waals surface area contributed by atoms with Gasteiger partial charge in [-0.3, -0.25) is 4.79 Å². The van der Waals surface area contributed by atoms with Crippen molar-refractivity contribution in [1.29, 1.82) is 0 Å². The van der Waals surface area contributed by atoms with Gasteiger partial charge in [0, 0.05) is 4.90 Å². The predicted molar refractivity (Wildman–Crippen MR) is 88.3 cm³/mol. The fourth-order valence-corrected chi connectivity index (χ4v) is 3.04. The molecule has 0 saturated heterocycles. The molecule has 0 radical (unpaired) electrons. The van der Waals surface area contributed by atoms with Crippen LogP contribution < -0.4 is 14.8 Å². The van der Waals surface area contributed by atoms with Gasteiger partial charge in [0.05, 0.1) is 9.86 Å². The SMILES string of the molecule is C=C(NC(=O)C(C)Br)Sc1cc2c(cc1C(C)C)OC(F)(F)O2. The number of ether oxygens (including phenoxy) is 2. The summed E-state index contributed by atoms with van der Waals surface area (Å²) in [6.45, 7) is 9.34. The standard InChI is InChI=1S/C15H16BrF2NO3S/c1-7(2)10-5-11-12(22-15(17,18)21-11)6-13(10)23-9(4)19-14(20)8(3)16/h5-8H,4H2,1-3H3,(H,19,20). The Balaban J connectivity index is 2.25. The summed E-state index contributed by atoms with van der Waals surface area (Å²) < 4.78 is 35.3. The maximum absolute atomic E-state index is 13.2. The van der Waals surface area contributed by atoms with Crippen molar-refractivity contribution in [1.82, 2.24) is 5.32 Å². The van der Waals surface area contributed by atoms with Gasteiger partial charge in [-0.05, 0) is 30.5 Å². The Hall–Kier alpha value is -1.28. The molecule has 0 aromatic heterocycles. The lowest BCUT2D eigenvalue weighted by molar-refractivity contribution is -0.286. The summed E-state index contributed by atoms with van der Waals surface area (Å²) in [6.07, 6.45) is -3.66. The summed E-state index contributed by atoms with van der Waals surface area (Å²) in [4.78, 5) is 12.0. The van der Waals surface area contributed by atoms with Gasteiger partial charge >= 0.3 is 6.29 Å². The lowest BCUT2D eigenvalue weighted by atomic mass is 10.0. The van der Waals surface area contributed by atoms with Crippen molar-refractivity contribution in [3.05, 3.63) is 29.3 Å². The van der Waals surface area contributed by atoms with E-state index in [9.17, 15) is 13.6 Å². The van der Waals surface area contributed by atoms with Gasteiger partial charge in [0.15, 0.2) is 11.5 Å². The largest absolute Gasteiger partial charge is 0.586 e. The lowest BCUT2D eigenvalue weighted by Gasteiger charge is -2.15. The van der Waals surface area contributed by atoms with Crippen LogP contribution in [0.1, 0.15) is 32.3 Å². The number of hydrogen-bond donors (Lipinski definition) is 1. The van der Waals surface area contributed by atoms with E-state index < -0.39 is 6.29 Å². The number of carbonyl (C=O) groups excluding carboxylic acids is 1. The van der Waals surface area contributed by atoms with Crippen LogP contribution in [-0.4, -0.2) is 17.0 Å². The Bertz CT molecular complexity index is 650. The highest BCUT2D eigenvalue weighted by molar-refractivity contribution is 9.10. The Morgan fingerprint density at radius 1 is 1.30 bits per heavy atom. The van der Waals surface area contributed by atoms with Crippen LogP contribution in [0.5, 0.6) is 11.5 Å². The highest BCUT2D eigenvalue weighted by atomic mass is 79.9. The first-order valence-corrected chi connectivity index (χ1v) is 8.57. The van der Waals surface area contributed by atoms with Crippen molar-refractivity contribution in [3.63, 3.8) is 0 Å². The maximum atomic E-state index is 13.2. The van der Waals surface area contributed by atoms with Crippen molar-refractivity contribution in [2.75, 3.05) is 0 Å². The molecule has 23 heavy (non-hydrogen) atoms. The molecular formula is C15H16BrF2NO3S. The maximum Gasteiger partial charge on any atom is 0.586 e. The molecule has 8 heteroatoms. The molecule has 2 rings (SSSR count). The zero-order chi connectivity index (χ0) is 17.4. The topological polar surface area (TPSA) is 47.6 Å². The molecule has 1 aliphatic heterocycles. The van der Waals surface area contributed by atoms with Gasteiger partial charge in [0.2, 0.25) is 5.91 Å². The summed E-state index contributed by atoms with van der Waals surface area (Å²) in [5.74, 6) is -0.193. The third-order valence-corrected chi connectivity index (χ3v) is 4.35. The minimum atomic E-state index is -3.66. The number of amides is 1. The number of halogens is 3. The van der Waals surface area contributed by atoms with Crippen LogP contribution in [0.15, 0.2) is 28.6 Å². The molecule has 1 amide bonds. The average Bonchev–Trinajstić information content (AvgIpc) is 2.70. The van der Waals surface area contributed by atoms with E-state index in [4.69, 9.17) is 0 Å². The van der Waals surface area contributed by atoms with Crippen molar-refractivity contribution in [2.24, 2.45) is 0 Å². The fourth-order valence-electron chi connectivity index (χ4n) is 1.93. The molecular weight excluding hydrogens is 392 g/mol. The van der Waals surface area contributed by atoms with E-state index in [-0.39, 0.29) is 28.2 Å². The zero-order valence-electron chi connectivity index (χ0n) is 12.8. The second-order valence-electron chi connectivity index (χ2n) is 5.29. The number of benzene rings is 1. The molecule has 0 saturated carbocycles. The highest BCUT2D eigenvalue weighted by Crippen LogP contribution is 2.46. The number of hydrogen-bond acceptors (Lipinski definition) is 4. The van der Waals surface area contributed by atoms with Gasteiger partial charge in [0.25, 0.3) is 0 Å². The average molecular weight is 408 g/mol. The molecule has 4 nitrogen and oxygen atoms in total. The molecule has 0 bridgehead atoms. The molecule has 1 heterocycles. The van der Waals surface area contributed by atoms with Crippen LogP contribution >= 0.6 is 27.7 Å². The minimum absolute atomic E-state index is 0.00628. The molecule has 126 valence electrons. The third kappa shape index (κ3) is 4.38. The molecule has 1 N–H and O–H groups in total. The highest BCUT2D eigenvalue weighted by Gasteiger charge is 2.44. The van der Waals surface area contributed by atoms with Gasteiger partial charge in [-0.1, -0.05) is 48.1 Å². The Labute approximate surface area is 145 Å². The van der Waals surface area contributed by atoms with Crippen LogP contribution in [0.2, 0.25) is 0 Å². The van der Waals surface area contributed by atoms with E-state index in [1.54, 1.807) is 6.92 Å². The fraction of sp³-hybridized carbons (Fsp3) is 0.400. The van der Waals surface area contributed by atoms with Crippen LogP contribution in [-0.2, 0) is 4.79 Å². The molecule has 1 aromatic carbocycles. The van der Waals surface area contributed by atoms with Gasteiger partial charge < -0.3 is 14.8 Å². The smallest absolute Gasteiger partial charge is 0.395 e. The van der Waals surface area contributed by atoms with Crippen LogP contribution in [0.25, 0.3) is 0 Å². The van der Waals surface area contributed by atoms with Crippen LogP contribution in [0.4, 0.5) is 8.78 Å². The summed E-state index contributed by atoms with van der Waals surface area (Å²) in [7, 11) is 0. The van der Waals surface area contributed by atoms with Crippen molar-refractivity contribution >= 4 is 33.6 Å². The van der Waals surface area contributed by atoms with E-state index in [0.29, 0.717) is 9.92 Å². The molecule has 0 aliphatic carbocycles. The number of carbonyl (C=O) groups is 1. The van der Waals surface area contributed by atoms with Gasteiger partial charge in [0.1, 0.15) is 0 Å². The predicted octanol–water partition coefficient (Wildman–Crippen LogP) is 4.59.